The van der Waals surface area contributed by atoms with Gasteiger partial charge in [-0.25, -0.2) is 14.8 Å². The van der Waals surface area contributed by atoms with Crippen molar-refractivity contribution in [2.45, 2.75) is 104 Å². The fourth-order valence-electron chi connectivity index (χ4n) is 4.14. The van der Waals surface area contributed by atoms with E-state index < -0.39 is 36.1 Å². The lowest BCUT2D eigenvalue weighted by Crippen LogP contribution is -2.55. The highest BCUT2D eigenvalue weighted by Crippen LogP contribution is 2.36. The van der Waals surface area contributed by atoms with E-state index in [1.807, 2.05) is 41.5 Å². The van der Waals surface area contributed by atoms with Crippen molar-refractivity contribution < 1.29 is 23.6 Å². The summed E-state index contributed by atoms with van der Waals surface area (Å²) >= 11 is 0. The van der Waals surface area contributed by atoms with Crippen LogP contribution in [0.5, 0.6) is 0 Å². The smallest absolute Gasteiger partial charge is 0.444 e. The number of piperidine rings is 1. The van der Waals surface area contributed by atoms with Crippen LogP contribution in [0.4, 0.5) is 10.7 Å². The van der Waals surface area contributed by atoms with Gasteiger partial charge in [0.05, 0.1) is 11.2 Å². The van der Waals surface area contributed by atoms with Gasteiger partial charge in [-0.1, -0.05) is 13.8 Å². The lowest BCUT2D eigenvalue weighted by Gasteiger charge is -2.36. The Morgan fingerprint density at radius 2 is 1.72 bits per heavy atom. The number of carbonyl (C=O) groups excluding carboxylic acids is 2. The molecule has 2 aliphatic heterocycles. The van der Waals surface area contributed by atoms with E-state index in [-0.39, 0.29) is 17.9 Å². The molecule has 1 aromatic rings. The largest absolute Gasteiger partial charge is 0.498 e. The fourth-order valence-corrected chi connectivity index (χ4v) is 4.14. The lowest BCUT2D eigenvalue weighted by molar-refractivity contribution is -0.135. The molecule has 2 atom stereocenters. The van der Waals surface area contributed by atoms with Crippen LogP contribution in [0, 0.1) is 5.92 Å². The summed E-state index contributed by atoms with van der Waals surface area (Å²) in [7, 11) is -0.516. The number of ether oxygens (including phenoxy) is 1. The van der Waals surface area contributed by atoms with E-state index in [1.54, 1.807) is 38.1 Å². The summed E-state index contributed by atoms with van der Waals surface area (Å²) in [4.78, 5) is 36.3. The van der Waals surface area contributed by atoms with Gasteiger partial charge in [0.25, 0.3) is 0 Å². The summed E-state index contributed by atoms with van der Waals surface area (Å²) in [5.41, 5.74) is -0.738. The average molecular weight is 503 g/mol. The minimum Gasteiger partial charge on any atom is -0.444 e. The molecule has 0 bridgehead atoms. The van der Waals surface area contributed by atoms with Crippen LogP contribution in [0.3, 0.4) is 0 Å². The molecule has 0 aromatic carbocycles. The molecule has 11 heteroatoms. The molecule has 2 amide bonds. The highest BCUT2D eigenvalue weighted by Gasteiger charge is 2.52. The number of alkyl carbamates (subject to hydrolysis) is 1. The second-order valence-electron chi connectivity index (χ2n) is 12.1. The van der Waals surface area contributed by atoms with Crippen molar-refractivity contribution in [1.29, 1.82) is 0 Å². The number of hydrogen-bond acceptors (Lipinski definition) is 8. The molecule has 0 aliphatic carbocycles. The Labute approximate surface area is 215 Å². The molecule has 0 saturated carbocycles. The first-order valence-electron chi connectivity index (χ1n) is 12.8. The van der Waals surface area contributed by atoms with Gasteiger partial charge in [-0.2, -0.15) is 0 Å². The molecular formula is C25H42BN5O5. The third-order valence-electron chi connectivity index (χ3n) is 6.87. The van der Waals surface area contributed by atoms with Crippen LogP contribution in [0.25, 0.3) is 0 Å². The number of aromatic nitrogens is 2. The maximum atomic E-state index is 13.3. The molecule has 10 nitrogen and oxygen atoms in total. The fraction of sp³-hybridized carbons (Fsp3) is 0.760. The van der Waals surface area contributed by atoms with E-state index in [4.69, 9.17) is 14.0 Å². The van der Waals surface area contributed by atoms with E-state index >= 15 is 0 Å². The zero-order chi connectivity index (χ0) is 26.9. The van der Waals surface area contributed by atoms with Crippen molar-refractivity contribution in [3.63, 3.8) is 0 Å². The van der Waals surface area contributed by atoms with E-state index in [0.29, 0.717) is 19.0 Å². The molecular weight excluding hydrogens is 461 g/mol. The molecule has 36 heavy (non-hydrogen) atoms. The van der Waals surface area contributed by atoms with E-state index in [9.17, 15) is 9.59 Å². The van der Waals surface area contributed by atoms with Gasteiger partial charge in [-0.15, -0.1) is 0 Å². The number of nitrogens with one attached hydrogen (secondary N) is 2. The zero-order valence-corrected chi connectivity index (χ0v) is 23.2. The minimum atomic E-state index is -0.658. The van der Waals surface area contributed by atoms with E-state index in [1.165, 1.54) is 0 Å². The molecule has 0 spiro atoms. The van der Waals surface area contributed by atoms with Gasteiger partial charge in [-0.3, -0.25) is 4.79 Å². The zero-order valence-electron chi connectivity index (χ0n) is 23.2. The number of rotatable bonds is 6. The summed E-state index contributed by atoms with van der Waals surface area (Å²) in [6, 6.07) is -0.659. The summed E-state index contributed by atoms with van der Waals surface area (Å²) < 4.78 is 17.5. The van der Waals surface area contributed by atoms with Gasteiger partial charge in [0.2, 0.25) is 11.9 Å². The molecule has 2 fully saturated rings. The van der Waals surface area contributed by atoms with Gasteiger partial charge in [0.15, 0.2) is 0 Å². The number of anilines is 1. The van der Waals surface area contributed by atoms with Crippen molar-refractivity contribution in [3.05, 3.63) is 12.4 Å². The maximum absolute atomic E-state index is 13.3. The second kappa shape index (κ2) is 10.5. The van der Waals surface area contributed by atoms with Crippen molar-refractivity contribution in [2.75, 3.05) is 18.4 Å². The predicted octanol–water partition coefficient (Wildman–Crippen LogP) is 2.73. The Kier molecular flexibility index (Phi) is 8.25. The van der Waals surface area contributed by atoms with Crippen LogP contribution in [0.15, 0.2) is 12.4 Å². The van der Waals surface area contributed by atoms with Crippen LogP contribution in [-0.4, -0.2) is 76.0 Å². The van der Waals surface area contributed by atoms with Gasteiger partial charge in [0.1, 0.15) is 11.6 Å². The molecule has 0 radical (unpaired) electrons. The number of hydrogen-bond donors (Lipinski definition) is 2. The first-order valence-corrected chi connectivity index (χ1v) is 12.8. The molecule has 2 N–H and O–H groups in total. The molecule has 2 saturated heterocycles. The Morgan fingerprint density at radius 1 is 1.14 bits per heavy atom. The van der Waals surface area contributed by atoms with Gasteiger partial charge in [0, 0.05) is 37.0 Å². The Bertz CT molecular complexity index is 916. The first-order chi connectivity index (χ1) is 16.6. The SMILES string of the molecule is CC(C)[C@H](NC(=O)OC(C)(C)C)C(=O)N1CCC[C@H](Nc2ncc(B3OC(C)(C)C(C)(C)O3)cn2)C1. The van der Waals surface area contributed by atoms with Crippen molar-refractivity contribution in [2.24, 2.45) is 5.92 Å². The van der Waals surface area contributed by atoms with Gasteiger partial charge in [-0.05, 0) is 67.2 Å². The first kappa shape index (κ1) is 28.2. The Morgan fingerprint density at radius 3 is 2.25 bits per heavy atom. The highest BCUT2D eigenvalue weighted by molar-refractivity contribution is 6.61. The number of carbonyl (C=O) groups is 2. The third kappa shape index (κ3) is 6.88. The lowest BCUT2D eigenvalue weighted by atomic mass is 9.81. The average Bonchev–Trinajstić information content (AvgIpc) is 2.98. The second-order valence-corrected chi connectivity index (χ2v) is 12.1. The number of amides is 2. The standard InChI is InChI=1S/C25H42BN5O5/c1-16(2)19(30-22(33)34-23(3,4)5)20(32)31-12-10-11-18(15-31)29-21-27-13-17(14-28-21)26-35-24(6,7)25(8,9)36-26/h13-14,16,18-19H,10-12,15H2,1-9H3,(H,30,33)(H,27,28,29)/t18-,19-/m0/s1. The van der Waals surface area contributed by atoms with Crippen molar-refractivity contribution >= 4 is 30.5 Å². The molecule has 3 rings (SSSR count). The summed E-state index contributed by atoms with van der Waals surface area (Å²) in [5.74, 6) is 0.297. The van der Waals surface area contributed by atoms with Crippen LogP contribution in [0.2, 0.25) is 0 Å². The Balaban J connectivity index is 1.59. The highest BCUT2D eigenvalue weighted by atomic mass is 16.7. The minimum absolute atomic E-state index is 0.000244. The monoisotopic (exact) mass is 503 g/mol. The van der Waals surface area contributed by atoms with Crippen LogP contribution >= 0.6 is 0 Å². The van der Waals surface area contributed by atoms with Crippen LogP contribution in [0.1, 0.15) is 75.2 Å². The molecule has 0 unspecified atom stereocenters. The number of likely N-dealkylation sites (tertiary alicyclic amines) is 1. The predicted molar refractivity (Wildman–Crippen MR) is 139 cm³/mol. The number of nitrogens with zero attached hydrogens (tertiary/aromatic N) is 3. The van der Waals surface area contributed by atoms with E-state index in [2.05, 4.69) is 20.6 Å². The normalized spacial score (nSPS) is 22.3. The molecule has 3 heterocycles. The van der Waals surface area contributed by atoms with Crippen molar-refractivity contribution in [3.8, 4) is 0 Å². The van der Waals surface area contributed by atoms with Gasteiger partial charge < -0.3 is 29.6 Å². The summed E-state index contributed by atoms with van der Waals surface area (Å²) in [6.07, 6.45) is 4.56. The summed E-state index contributed by atoms with van der Waals surface area (Å²) in [5, 5.41) is 6.10. The third-order valence-corrected chi connectivity index (χ3v) is 6.87. The Hall–Kier alpha value is -2.40. The summed E-state index contributed by atoms with van der Waals surface area (Å²) in [6.45, 7) is 18.4. The van der Waals surface area contributed by atoms with E-state index in [0.717, 1.165) is 18.3 Å². The van der Waals surface area contributed by atoms with Crippen molar-refractivity contribution in [1.82, 2.24) is 20.2 Å². The molecule has 200 valence electrons. The maximum Gasteiger partial charge on any atom is 0.498 e. The van der Waals surface area contributed by atoms with Gasteiger partial charge >= 0.3 is 13.2 Å². The molecule has 2 aliphatic rings. The quantitative estimate of drug-likeness (QED) is 0.570. The topological polar surface area (TPSA) is 115 Å². The van der Waals surface area contributed by atoms with Crippen LogP contribution < -0.4 is 16.1 Å². The molecule has 1 aromatic heterocycles. The van der Waals surface area contributed by atoms with Crippen LogP contribution in [-0.2, 0) is 18.8 Å².